The van der Waals surface area contributed by atoms with Gasteiger partial charge in [-0.2, -0.15) is 15.3 Å². The molecule has 3 atom stereocenters. The third-order valence-corrected chi connectivity index (χ3v) is 27.8. The molecule has 35 heteroatoms. The number of benzene rings is 6. The standard InChI is InChI=1S/C37H36FN7O4.C36H36N8O3.C30H34FN7O3S/c1-48-32-20-27(8-10-30(32)38)34-29-21-28(9-11-31(29)42-43-34)41-36(47)37(49-2)14-19-44(23-37)22-33(46)45-17-12-25(13-18-45)24-4-6-26(7-5-24)35-39-15-3-16-40-35;1-24-20-28(10-16-37-24)33-30-21-29(8-9-31(30)41-42-33)40-35(46)36(47-2)13-19-43(23-36)22-32(45)44-17-11-26(12-18-44)25-4-6-27(7-5-25)34-38-14-3-15-39-34;1-19-14-21(15-20(2)33-19)26-23-16-22(4-5-24(23)35-36-26)34-27(40)30(41-3)8-10-37(18-30)17-25(39)38-11-6-29(31,7-12-38)28-32-9-13-42-28/h3-12,15-16,20-21H,13-14,17-19,22-23H2,1-2H3,(H,41,47)(H,42,43);3-11,14-16,20-21H,12-13,17-19,22-23H2,1-2H3,(H,40,46)(H,41,42);4-5,9,13-16H,6-8,10-12,17-18H2,1-3H3,(H,34,40)(H,35,36)/t37-;36-;30-/m000/s1. The summed E-state index contributed by atoms with van der Waals surface area (Å²) in [7, 11) is 6.03. The van der Waals surface area contributed by atoms with Gasteiger partial charge in [0.05, 0.1) is 43.3 Å². The van der Waals surface area contributed by atoms with E-state index in [0.717, 1.165) is 107 Å². The number of hydrogen-bond acceptors (Lipinski definition) is 24. The molecule has 4 fully saturated rings. The summed E-state index contributed by atoms with van der Waals surface area (Å²) in [4.78, 5) is 122. The predicted octanol–water partition coefficient (Wildman–Crippen LogP) is 14.1. The molecular formula is C103H106F2N22O10S. The number of anilines is 3. The minimum atomic E-state index is -1.47. The van der Waals surface area contributed by atoms with Gasteiger partial charge in [-0.3, -0.25) is 68.7 Å². The number of hydrogen-bond donors (Lipinski definition) is 6. The van der Waals surface area contributed by atoms with Crippen molar-refractivity contribution in [3.8, 4) is 62.3 Å². The number of halogens is 2. The fraction of sp³-hybridized carbons (Fsp3) is 0.320. The predicted molar refractivity (Wildman–Crippen MR) is 523 cm³/mol. The lowest BCUT2D eigenvalue weighted by molar-refractivity contribution is -0.139. The number of nitrogens with one attached hydrogen (secondary N) is 6. The van der Waals surface area contributed by atoms with Crippen molar-refractivity contribution in [1.29, 1.82) is 0 Å². The number of thiazole rings is 1. The van der Waals surface area contributed by atoms with Crippen molar-refractivity contribution in [1.82, 2.24) is 94.9 Å². The Hall–Kier alpha value is -14.5. The topological polar surface area (TPSA) is 371 Å². The fourth-order valence-electron chi connectivity index (χ4n) is 19.0. The maximum atomic E-state index is 15.3. The Morgan fingerprint density at radius 3 is 1.20 bits per heavy atom. The van der Waals surface area contributed by atoms with Gasteiger partial charge >= 0.3 is 0 Å². The number of carbonyl (C=O) groups excluding carboxylic acids is 6. The van der Waals surface area contributed by atoms with Crippen molar-refractivity contribution in [2.45, 2.75) is 88.2 Å². The minimum Gasteiger partial charge on any atom is -0.494 e. The van der Waals surface area contributed by atoms with E-state index < -0.39 is 28.3 Å². The number of ether oxygens (including phenoxy) is 4. The lowest BCUT2D eigenvalue weighted by atomic mass is 9.94. The molecule has 0 aliphatic carbocycles. The van der Waals surface area contributed by atoms with Gasteiger partial charge in [-0.05, 0) is 184 Å². The second-order valence-corrected chi connectivity index (χ2v) is 36.5. The number of methoxy groups -OCH3 is 4. The zero-order valence-electron chi connectivity index (χ0n) is 77.7. The second kappa shape index (κ2) is 40.8. The molecule has 14 heterocycles. The highest BCUT2D eigenvalue weighted by Gasteiger charge is 2.49. The van der Waals surface area contributed by atoms with E-state index in [2.05, 4.69) is 118 Å². The monoisotopic (exact) mass is 1880 g/mol. The summed E-state index contributed by atoms with van der Waals surface area (Å²) in [5, 5.41) is 36.5. The Morgan fingerprint density at radius 2 is 0.812 bits per heavy atom. The van der Waals surface area contributed by atoms with E-state index in [1.807, 2.05) is 142 Å². The number of likely N-dealkylation sites (tertiary alicyclic amines) is 4. The molecule has 8 aromatic heterocycles. The molecule has 6 N–H and O–H groups in total. The number of fused-ring (bicyclic) bond motifs is 3. The molecule has 0 saturated carbocycles. The summed E-state index contributed by atoms with van der Waals surface area (Å²) in [5.74, 6) is 0.279. The molecule has 32 nitrogen and oxygen atoms in total. The molecule has 6 aliphatic heterocycles. The van der Waals surface area contributed by atoms with E-state index >= 15 is 4.39 Å². The van der Waals surface area contributed by atoms with Crippen LogP contribution < -0.4 is 20.7 Å². The number of rotatable bonds is 24. The first-order valence-electron chi connectivity index (χ1n) is 45.9. The molecule has 6 amide bonds. The molecule has 0 bridgehead atoms. The van der Waals surface area contributed by atoms with E-state index in [-0.39, 0.29) is 80.2 Å². The Kier molecular flexibility index (Phi) is 27.8. The number of nitrogens with zero attached hydrogens (tertiary/aromatic N) is 16. The van der Waals surface area contributed by atoms with Crippen LogP contribution in [0.5, 0.6) is 5.75 Å². The number of pyridine rings is 2. The summed E-state index contributed by atoms with van der Waals surface area (Å²) < 4.78 is 52.0. The van der Waals surface area contributed by atoms with Crippen molar-refractivity contribution in [3.63, 3.8) is 0 Å². The number of amides is 6. The number of aryl methyl sites for hydroxylation is 3. The van der Waals surface area contributed by atoms with E-state index in [4.69, 9.17) is 18.9 Å². The van der Waals surface area contributed by atoms with Crippen molar-refractivity contribution < 1.29 is 56.5 Å². The van der Waals surface area contributed by atoms with Crippen LogP contribution in [0.25, 0.3) is 100 Å². The first-order chi connectivity index (χ1) is 66.9. The van der Waals surface area contributed by atoms with Crippen LogP contribution in [0.2, 0.25) is 0 Å². The summed E-state index contributed by atoms with van der Waals surface area (Å²) >= 11 is 1.31. The van der Waals surface area contributed by atoms with Crippen molar-refractivity contribution in [2.24, 2.45) is 0 Å². The van der Waals surface area contributed by atoms with Crippen LogP contribution in [0.15, 0.2) is 212 Å². The Bertz CT molecular complexity index is 6880. The van der Waals surface area contributed by atoms with Crippen molar-refractivity contribution >= 4 is 108 Å². The molecule has 0 radical (unpaired) electrons. The van der Waals surface area contributed by atoms with Crippen LogP contribution in [-0.2, 0) is 48.6 Å². The summed E-state index contributed by atoms with van der Waals surface area (Å²) in [6.45, 7) is 12.1. The van der Waals surface area contributed by atoms with Crippen molar-refractivity contribution in [2.75, 3.05) is 143 Å². The highest BCUT2D eigenvalue weighted by Crippen LogP contribution is 2.41. The third kappa shape index (κ3) is 20.5. The van der Waals surface area contributed by atoms with Gasteiger partial charge in [0.15, 0.2) is 45.7 Å². The van der Waals surface area contributed by atoms with Crippen LogP contribution in [0.3, 0.4) is 0 Å². The SMILES string of the molecule is CO[C@@]1(C(=O)Nc2ccc3[nH]nc(-c4cc(C)nc(C)c4)c3c2)CCN(CC(=O)N2CCC(F)(c3nccs3)CC2)C1.CO[C@@]1(C(=O)Nc2ccc3[nH]nc(-c4ccnc(C)c4)c3c2)CCN(CC(=O)N2CC=C(c3ccc(-c4ncccn4)cc3)CC2)C1.COc1cc(-c2n[nH]c3ccc(NC(=O)[C@]4(OC)CCN(CC(=O)N5CC=C(c6ccc(-c7ncccn7)cc6)CC5)C4)cc23)ccc1F. The number of alkyl halides is 1. The van der Waals surface area contributed by atoms with Crippen LogP contribution in [-0.4, -0.2) is 274 Å². The summed E-state index contributed by atoms with van der Waals surface area (Å²) in [6.07, 6.45) is 18.0. The minimum absolute atomic E-state index is 0.0227. The first-order valence-corrected chi connectivity index (χ1v) is 46.8. The number of H-pyrrole nitrogens is 3. The van der Waals surface area contributed by atoms with Crippen LogP contribution in [0, 0.1) is 26.6 Å². The Balaban J connectivity index is 0.000000138. The molecule has 0 unspecified atom stereocenters. The zero-order chi connectivity index (χ0) is 95.8. The highest BCUT2D eigenvalue weighted by molar-refractivity contribution is 7.09. The lowest BCUT2D eigenvalue weighted by Crippen LogP contribution is -2.49. The van der Waals surface area contributed by atoms with Gasteiger partial charge in [-0.15, -0.1) is 11.3 Å². The summed E-state index contributed by atoms with van der Waals surface area (Å²) in [5.41, 5.74) is 13.7. The average Bonchev–Trinajstić information content (AvgIpc) is 1.63. The smallest absolute Gasteiger partial charge is 0.258 e. The second-order valence-electron chi connectivity index (χ2n) is 35.6. The average molecular weight is 1880 g/mol. The van der Waals surface area contributed by atoms with Crippen LogP contribution in [0.4, 0.5) is 25.8 Å². The van der Waals surface area contributed by atoms with Gasteiger partial charge < -0.3 is 49.6 Å². The van der Waals surface area contributed by atoms with Crippen LogP contribution in [0.1, 0.15) is 78.2 Å². The molecule has 14 aromatic rings. The molecular weight excluding hydrogens is 1780 g/mol. The third-order valence-electron chi connectivity index (χ3n) is 26.8. The molecule has 0 spiro atoms. The largest absolute Gasteiger partial charge is 0.494 e. The van der Waals surface area contributed by atoms with Gasteiger partial charge in [-0.1, -0.05) is 60.7 Å². The Labute approximate surface area is 799 Å². The fourth-order valence-corrected chi connectivity index (χ4v) is 19.8. The first kappa shape index (κ1) is 93.9. The maximum absolute atomic E-state index is 15.3. The molecule has 20 rings (SSSR count). The number of carbonyl (C=O) groups is 6. The van der Waals surface area contributed by atoms with Gasteiger partial charge in [0.2, 0.25) is 17.7 Å². The van der Waals surface area contributed by atoms with E-state index in [9.17, 15) is 33.2 Å². The number of aromatic nitrogens is 13. The molecule has 6 aliphatic rings. The van der Waals surface area contributed by atoms with Gasteiger partial charge in [0, 0.05) is 233 Å². The number of piperidine rings is 1. The van der Waals surface area contributed by atoms with Crippen molar-refractivity contribution in [3.05, 3.63) is 251 Å². The van der Waals surface area contributed by atoms with E-state index in [1.165, 1.54) is 49.9 Å². The lowest BCUT2D eigenvalue weighted by Gasteiger charge is -2.36. The van der Waals surface area contributed by atoms with Gasteiger partial charge in [0.25, 0.3) is 17.7 Å². The molecule has 708 valence electrons. The highest BCUT2D eigenvalue weighted by atomic mass is 32.1. The number of aromatic amines is 3. The molecule has 138 heavy (non-hydrogen) atoms. The van der Waals surface area contributed by atoms with Gasteiger partial charge in [-0.25, -0.2) is 33.7 Å². The van der Waals surface area contributed by atoms with E-state index in [1.54, 1.807) is 84.9 Å². The zero-order valence-corrected chi connectivity index (χ0v) is 78.5. The normalized spacial score (nSPS) is 18.9. The molecule has 6 aromatic carbocycles. The van der Waals surface area contributed by atoms with Crippen LogP contribution >= 0.6 is 11.3 Å². The van der Waals surface area contributed by atoms with Gasteiger partial charge in [0.1, 0.15) is 22.1 Å². The molecule has 4 saturated heterocycles. The quantitative estimate of drug-likeness (QED) is 0.0327. The maximum Gasteiger partial charge on any atom is 0.258 e. The Morgan fingerprint density at radius 1 is 0.413 bits per heavy atom. The van der Waals surface area contributed by atoms with E-state index in [0.29, 0.717) is 136 Å². The summed E-state index contributed by atoms with van der Waals surface area (Å²) in [6, 6.07) is 49.2.